The molecule has 19 heavy (non-hydrogen) atoms. The summed E-state index contributed by atoms with van der Waals surface area (Å²) < 4.78 is 0. The number of anilines is 1. The first-order valence-corrected chi connectivity index (χ1v) is 7.19. The molecule has 5 heteroatoms. The van der Waals surface area contributed by atoms with Gasteiger partial charge < -0.3 is 10.6 Å². The maximum atomic E-state index is 11.2. The Labute approximate surface area is 121 Å². The van der Waals surface area contributed by atoms with E-state index >= 15 is 0 Å². The van der Waals surface area contributed by atoms with Gasteiger partial charge in [0.25, 0.3) is 0 Å². The van der Waals surface area contributed by atoms with E-state index in [9.17, 15) is 4.79 Å². The Hall–Kier alpha value is -1.52. The quantitative estimate of drug-likeness (QED) is 0.888. The molecule has 0 aliphatic rings. The van der Waals surface area contributed by atoms with Crippen molar-refractivity contribution < 1.29 is 4.79 Å². The summed E-state index contributed by atoms with van der Waals surface area (Å²) in [4.78, 5) is 12.4. The standard InChI is InChI=1S/C14H15ClN2OS/c1-16-14(18)6-10-2-4-12(5-3-10)17-8-13-7-11(15)9-19-13/h2-5,7,9,17H,6,8H2,1H3,(H,16,18). The molecule has 0 radical (unpaired) electrons. The summed E-state index contributed by atoms with van der Waals surface area (Å²) in [5.41, 5.74) is 2.04. The van der Waals surface area contributed by atoms with E-state index in [1.54, 1.807) is 18.4 Å². The topological polar surface area (TPSA) is 41.1 Å². The molecule has 0 saturated carbocycles. The minimum atomic E-state index is 0.0222. The first-order chi connectivity index (χ1) is 9.17. The highest BCUT2D eigenvalue weighted by molar-refractivity contribution is 7.10. The number of benzene rings is 1. The molecule has 1 heterocycles. The number of hydrogen-bond acceptors (Lipinski definition) is 3. The first kappa shape index (κ1) is 13.9. The zero-order chi connectivity index (χ0) is 13.7. The van der Waals surface area contributed by atoms with Crippen LogP contribution >= 0.6 is 22.9 Å². The molecule has 100 valence electrons. The van der Waals surface area contributed by atoms with Gasteiger partial charge in [-0.3, -0.25) is 4.79 Å². The normalized spacial score (nSPS) is 10.2. The zero-order valence-electron chi connectivity index (χ0n) is 10.6. The Balaban J connectivity index is 1.89. The number of hydrogen-bond donors (Lipinski definition) is 2. The van der Waals surface area contributed by atoms with Crippen molar-refractivity contribution in [3.8, 4) is 0 Å². The molecule has 3 nitrogen and oxygen atoms in total. The lowest BCUT2D eigenvalue weighted by molar-refractivity contribution is -0.119. The fraction of sp³-hybridized carbons (Fsp3) is 0.214. The van der Waals surface area contributed by atoms with Gasteiger partial charge in [-0.1, -0.05) is 23.7 Å². The highest BCUT2D eigenvalue weighted by Gasteiger charge is 2.01. The molecule has 0 aliphatic carbocycles. The lowest BCUT2D eigenvalue weighted by Gasteiger charge is -2.06. The summed E-state index contributed by atoms with van der Waals surface area (Å²) in [5.74, 6) is 0.0222. The summed E-state index contributed by atoms with van der Waals surface area (Å²) >= 11 is 7.51. The Bertz CT molecular complexity index is 551. The van der Waals surface area contributed by atoms with Crippen molar-refractivity contribution in [2.45, 2.75) is 13.0 Å². The number of likely N-dealkylation sites (N-methyl/N-ethyl adjacent to an activating group) is 1. The lowest BCUT2D eigenvalue weighted by atomic mass is 10.1. The van der Waals surface area contributed by atoms with Crippen LogP contribution in [-0.2, 0) is 17.8 Å². The van der Waals surface area contributed by atoms with Crippen molar-refractivity contribution in [1.82, 2.24) is 5.32 Å². The summed E-state index contributed by atoms with van der Waals surface area (Å²) in [7, 11) is 1.64. The van der Waals surface area contributed by atoms with E-state index in [1.165, 1.54) is 4.88 Å². The van der Waals surface area contributed by atoms with E-state index in [0.29, 0.717) is 6.42 Å². The van der Waals surface area contributed by atoms with Crippen LogP contribution in [0.1, 0.15) is 10.4 Å². The van der Waals surface area contributed by atoms with Crippen LogP contribution in [0.2, 0.25) is 5.02 Å². The van der Waals surface area contributed by atoms with E-state index in [2.05, 4.69) is 10.6 Å². The Kier molecular flexibility index (Phi) is 4.82. The Morgan fingerprint density at radius 1 is 1.32 bits per heavy atom. The molecule has 2 rings (SSSR count). The minimum Gasteiger partial charge on any atom is -0.380 e. The second-order valence-corrected chi connectivity index (χ2v) is 5.56. The number of carbonyl (C=O) groups is 1. The van der Waals surface area contributed by atoms with Gasteiger partial charge in [-0.05, 0) is 23.8 Å². The molecule has 1 amide bonds. The SMILES string of the molecule is CNC(=O)Cc1ccc(NCc2cc(Cl)cs2)cc1. The average molecular weight is 295 g/mol. The second kappa shape index (κ2) is 6.59. The molecule has 0 bridgehead atoms. The second-order valence-electron chi connectivity index (χ2n) is 4.13. The molecule has 0 unspecified atom stereocenters. The summed E-state index contributed by atoms with van der Waals surface area (Å²) in [6.45, 7) is 0.756. The molecule has 0 aliphatic heterocycles. The summed E-state index contributed by atoms with van der Waals surface area (Å²) in [6.07, 6.45) is 0.414. The third kappa shape index (κ3) is 4.26. The van der Waals surface area contributed by atoms with E-state index < -0.39 is 0 Å². The highest BCUT2D eigenvalue weighted by Crippen LogP contribution is 2.20. The van der Waals surface area contributed by atoms with Gasteiger partial charge in [-0.15, -0.1) is 11.3 Å². The number of carbonyl (C=O) groups excluding carboxylic acids is 1. The molecule has 1 aromatic carbocycles. The third-order valence-electron chi connectivity index (χ3n) is 2.69. The molecule has 1 aromatic heterocycles. The molecule has 0 spiro atoms. The molecule has 0 fully saturated rings. The molecular formula is C14H15ClN2OS. The molecule has 0 saturated heterocycles. The van der Waals surface area contributed by atoms with Crippen LogP contribution < -0.4 is 10.6 Å². The zero-order valence-corrected chi connectivity index (χ0v) is 12.1. The van der Waals surface area contributed by atoms with Crippen molar-refractivity contribution in [2.24, 2.45) is 0 Å². The number of amides is 1. The monoisotopic (exact) mass is 294 g/mol. The van der Waals surface area contributed by atoms with Crippen LogP contribution in [0.4, 0.5) is 5.69 Å². The van der Waals surface area contributed by atoms with Crippen molar-refractivity contribution in [2.75, 3.05) is 12.4 Å². The molecular weight excluding hydrogens is 280 g/mol. The van der Waals surface area contributed by atoms with Crippen molar-refractivity contribution >= 4 is 34.5 Å². The summed E-state index contributed by atoms with van der Waals surface area (Å²) in [6, 6.07) is 9.83. The molecule has 0 atom stereocenters. The molecule has 2 aromatic rings. The van der Waals surface area contributed by atoms with Gasteiger partial charge in [-0.25, -0.2) is 0 Å². The number of halogens is 1. The van der Waals surface area contributed by atoms with Crippen LogP contribution in [0.25, 0.3) is 0 Å². The smallest absolute Gasteiger partial charge is 0.224 e. The van der Waals surface area contributed by atoms with Gasteiger partial charge in [0, 0.05) is 29.5 Å². The van der Waals surface area contributed by atoms with E-state index in [4.69, 9.17) is 11.6 Å². The number of nitrogens with one attached hydrogen (secondary N) is 2. The predicted octanol–water partition coefficient (Wildman–Crippen LogP) is 3.30. The fourth-order valence-corrected chi connectivity index (χ4v) is 2.66. The van der Waals surface area contributed by atoms with Crippen molar-refractivity contribution in [1.29, 1.82) is 0 Å². The predicted molar refractivity (Wildman–Crippen MR) is 80.9 cm³/mol. The van der Waals surface area contributed by atoms with E-state index in [0.717, 1.165) is 22.8 Å². The number of thiophene rings is 1. The van der Waals surface area contributed by atoms with Gasteiger partial charge in [-0.2, -0.15) is 0 Å². The maximum Gasteiger partial charge on any atom is 0.224 e. The minimum absolute atomic E-state index is 0.0222. The van der Waals surface area contributed by atoms with Crippen LogP contribution in [-0.4, -0.2) is 13.0 Å². The summed E-state index contributed by atoms with van der Waals surface area (Å²) in [5, 5.41) is 8.63. The van der Waals surface area contributed by atoms with Crippen LogP contribution in [0.3, 0.4) is 0 Å². The van der Waals surface area contributed by atoms with Crippen LogP contribution in [0, 0.1) is 0 Å². The number of rotatable bonds is 5. The third-order valence-corrected chi connectivity index (χ3v) is 3.97. The first-order valence-electron chi connectivity index (χ1n) is 5.93. The van der Waals surface area contributed by atoms with Crippen LogP contribution in [0.15, 0.2) is 35.7 Å². The van der Waals surface area contributed by atoms with Gasteiger partial charge in [0.15, 0.2) is 0 Å². The Morgan fingerprint density at radius 2 is 2.05 bits per heavy atom. The van der Waals surface area contributed by atoms with Gasteiger partial charge in [0.2, 0.25) is 5.91 Å². The Morgan fingerprint density at radius 3 is 2.63 bits per heavy atom. The van der Waals surface area contributed by atoms with Gasteiger partial charge >= 0.3 is 0 Å². The van der Waals surface area contributed by atoms with E-state index in [-0.39, 0.29) is 5.91 Å². The van der Waals surface area contributed by atoms with Crippen molar-refractivity contribution in [3.05, 3.63) is 51.2 Å². The van der Waals surface area contributed by atoms with Crippen molar-refractivity contribution in [3.63, 3.8) is 0 Å². The molecule has 2 N–H and O–H groups in total. The largest absolute Gasteiger partial charge is 0.380 e. The average Bonchev–Trinajstić information content (AvgIpc) is 2.83. The van der Waals surface area contributed by atoms with Gasteiger partial charge in [0.1, 0.15) is 0 Å². The highest BCUT2D eigenvalue weighted by atomic mass is 35.5. The fourth-order valence-electron chi connectivity index (χ4n) is 1.65. The van der Waals surface area contributed by atoms with Gasteiger partial charge in [0.05, 0.1) is 11.4 Å². The maximum absolute atomic E-state index is 11.2. The van der Waals surface area contributed by atoms with Crippen LogP contribution in [0.5, 0.6) is 0 Å². The van der Waals surface area contributed by atoms with E-state index in [1.807, 2.05) is 35.7 Å². The lowest BCUT2D eigenvalue weighted by Crippen LogP contribution is -2.19.